The van der Waals surface area contributed by atoms with Crippen LogP contribution in [-0.2, 0) is 10.3 Å². The van der Waals surface area contributed by atoms with Crippen molar-refractivity contribution in [2.45, 2.75) is 77.4 Å². The van der Waals surface area contributed by atoms with E-state index in [9.17, 15) is 0 Å². The molecule has 1 aliphatic carbocycles. The first kappa shape index (κ1) is 16.4. The van der Waals surface area contributed by atoms with Gasteiger partial charge < -0.3 is 15.0 Å². The summed E-state index contributed by atoms with van der Waals surface area (Å²) in [5.74, 6) is 2.05. The quantitative estimate of drug-likeness (QED) is 0.871. The fraction of sp³-hybridized carbons (Fsp3) is 0.875. The first-order chi connectivity index (χ1) is 10.0. The minimum atomic E-state index is -0.371. The van der Waals surface area contributed by atoms with Gasteiger partial charge in [0, 0.05) is 12.6 Å². The van der Waals surface area contributed by atoms with Crippen LogP contribution in [0.5, 0.6) is 0 Å². The second-order valence-electron chi connectivity index (χ2n) is 6.45. The molecule has 4 atom stereocenters. The van der Waals surface area contributed by atoms with Crippen molar-refractivity contribution in [3.05, 3.63) is 11.7 Å². The third kappa shape index (κ3) is 3.46. The Balaban J connectivity index is 2.24. The van der Waals surface area contributed by atoms with E-state index in [0.717, 1.165) is 25.7 Å². The summed E-state index contributed by atoms with van der Waals surface area (Å²) < 4.78 is 11.6. The zero-order chi connectivity index (χ0) is 15.5. The van der Waals surface area contributed by atoms with Crippen LogP contribution in [0.3, 0.4) is 0 Å². The molecule has 1 fully saturated rings. The average molecular weight is 295 g/mol. The fourth-order valence-corrected chi connectivity index (χ4v) is 3.32. The van der Waals surface area contributed by atoms with E-state index in [1.165, 1.54) is 6.42 Å². The summed E-state index contributed by atoms with van der Waals surface area (Å²) in [6, 6.07) is 0.0478. The monoisotopic (exact) mass is 295 g/mol. The van der Waals surface area contributed by atoms with Crippen LogP contribution in [0.2, 0.25) is 0 Å². The van der Waals surface area contributed by atoms with Gasteiger partial charge in [0.2, 0.25) is 11.7 Å². The molecule has 21 heavy (non-hydrogen) atoms. The van der Waals surface area contributed by atoms with Crippen LogP contribution in [0.25, 0.3) is 0 Å². The third-order valence-corrected chi connectivity index (χ3v) is 4.73. The van der Waals surface area contributed by atoms with Crippen molar-refractivity contribution in [2.24, 2.45) is 11.7 Å². The van der Waals surface area contributed by atoms with Gasteiger partial charge in [0.1, 0.15) is 5.60 Å². The summed E-state index contributed by atoms with van der Waals surface area (Å²) in [7, 11) is 0. The van der Waals surface area contributed by atoms with Crippen LogP contribution in [0.15, 0.2) is 4.52 Å². The molecule has 1 saturated carbocycles. The lowest BCUT2D eigenvalue weighted by atomic mass is 9.78. The van der Waals surface area contributed by atoms with E-state index in [1.54, 1.807) is 0 Å². The highest BCUT2D eigenvalue weighted by Gasteiger charge is 2.42. The Morgan fingerprint density at radius 2 is 2.24 bits per heavy atom. The van der Waals surface area contributed by atoms with Gasteiger partial charge in [-0.25, -0.2) is 0 Å². The second kappa shape index (κ2) is 6.88. The van der Waals surface area contributed by atoms with Gasteiger partial charge >= 0.3 is 0 Å². The van der Waals surface area contributed by atoms with Crippen molar-refractivity contribution < 1.29 is 9.26 Å². The predicted molar refractivity (Wildman–Crippen MR) is 81.9 cm³/mol. The van der Waals surface area contributed by atoms with Crippen molar-refractivity contribution in [1.82, 2.24) is 10.1 Å². The van der Waals surface area contributed by atoms with Crippen molar-refractivity contribution >= 4 is 0 Å². The second-order valence-corrected chi connectivity index (χ2v) is 6.45. The van der Waals surface area contributed by atoms with Gasteiger partial charge in [-0.15, -0.1) is 0 Å². The molecule has 4 unspecified atom stereocenters. The largest absolute Gasteiger partial charge is 0.367 e. The highest BCUT2D eigenvalue weighted by atomic mass is 16.5. The average Bonchev–Trinajstić information content (AvgIpc) is 2.96. The normalized spacial score (nSPS) is 29.3. The number of aromatic nitrogens is 2. The van der Waals surface area contributed by atoms with Gasteiger partial charge in [0.25, 0.3) is 0 Å². The summed E-state index contributed by atoms with van der Waals surface area (Å²) in [5, 5.41) is 4.24. The van der Waals surface area contributed by atoms with Crippen LogP contribution < -0.4 is 5.73 Å². The van der Waals surface area contributed by atoms with Crippen LogP contribution >= 0.6 is 0 Å². The predicted octanol–water partition coefficient (Wildman–Crippen LogP) is 3.35. The molecule has 2 N–H and O–H groups in total. The number of nitrogens with zero attached hydrogens (tertiary/aromatic N) is 2. The molecule has 5 heteroatoms. The Labute approximate surface area is 127 Å². The lowest BCUT2D eigenvalue weighted by Crippen LogP contribution is -2.36. The Bertz CT molecular complexity index is 444. The third-order valence-electron chi connectivity index (χ3n) is 4.73. The first-order valence-corrected chi connectivity index (χ1v) is 8.26. The molecule has 1 heterocycles. The summed E-state index contributed by atoms with van der Waals surface area (Å²) in [6.45, 7) is 9.08. The van der Waals surface area contributed by atoms with Crippen molar-refractivity contribution in [2.75, 3.05) is 6.61 Å². The summed E-state index contributed by atoms with van der Waals surface area (Å²) in [4.78, 5) is 4.65. The van der Waals surface area contributed by atoms with Crippen LogP contribution in [0.4, 0.5) is 0 Å². The topological polar surface area (TPSA) is 74.2 Å². The van der Waals surface area contributed by atoms with Gasteiger partial charge in [0.15, 0.2) is 0 Å². The van der Waals surface area contributed by atoms with Crippen molar-refractivity contribution in [3.8, 4) is 0 Å². The Hall–Kier alpha value is -0.940. The highest BCUT2D eigenvalue weighted by Crippen LogP contribution is 2.42. The number of hydrogen-bond donors (Lipinski definition) is 1. The molecule has 2 rings (SSSR count). The fourth-order valence-electron chi connectivity index (χ4n) is 3.32. The molecule has 1 aliphatic rings. The molecular weight excluding hydrogens is 266 g/mol. The van der Waals surface area contributed by atoms with Gasteiger partial charge in [-0.1, -0.05) is 32.3 Å². The summed E-state index contributed by atoms with van der Waals surface area (Å²) in [6.07, 6.45) is 5.23. The van der Waals surface area contributed by atoms with Crippen molar-refractivity contribution in [3.63, 3.8) is 0 Å². The molecule has 0 saturated heterocycles. The smallest absolute Gasteiger partial charge is 0.231 e. The number of hydrogen-bond acceptors (Lipinski definition) is 5. The van der Waals surface area contributed by atoms with Crippen LogP contribution in [0, 0.1) is 5.92 Å². The maximum absolute atomic E-state index is 6.09. The summed E-state index contributed by atoms with van der Waals surface area (Å²) in [5.41, 5.74) is 5.72. The lowest BCUT2D eigenvalue weighted by Gasteiger charge is -2.37. The molecule has 5 nitrogen and oxygen atoms in total. The maximum atomic E-state index is 6.09. The number of rotatable bonds is 6. The Morgan fingerprint density at radius 1 is 1.48 bits per heavy atom. The molecule has 120 valence electrons. The minimum Gasteiger partial charge on any atom is -0.367 e. The molecule has 0 amide bonds. The van der Waals surface area contributed by atoms with E-state index in [4.69, 9.17) is 15.0 Å². The number of nitrogens with two attached hydrogens (primary N) is 1. The minimum absolute atomic E-state index is 0.0478. The molecule has 0 bridgehead atoms. The van der Waals surface area contributed by atoms with E-state index in [2.05, 4.69) is 24.0 Å². The molecule has 0 aliphatic heterocycles. The molecule has 1 aromatic rings. The molecular formula is C16H29N3O2. The highest BCUT2D eigenvalue weighted by molar-refractivity contribution is 5.06. The Morgan fingerprint density at radius 3 is 2.86 bits per heavy atom. The standard InChI is InChI=1S/C16H29N3O2/c1-5-13(17)12(4)14-18-15(19-21-14)16(20-6-2)9-7-8-11(3)10-16/h11-13H,5-10,17H2,1-4H3. The van der Waals surface area contributed by atoms with E-state index < -0.39 is 0 Å². The Kier molecular flexibility index (Phi) is 5.38. The maximum Gasteiger partial charge on any atom is 0.231 e. The van der Waals surface area contributed by atoms with Gasteiger partial charge in [-0.2, -0.15) is 4.98 Å². The molecule has 0 radical (unpaired) electrons. The molecule has 0 aromatic carbocycles. The van der Waals surface area contributed by atoms with Crippen LogP contribution in [-0.4, -0.2) is 22.8 Å². The van der Waals surface area contributed by atoms with E-state index in [-0.39, 0.29) is 17.6 Å². The van der Waals surface area contributed by atoms with Gasteiger partial charge in [-0.05, 0) is 38.5 Å². The van der Waals surface area contributed by atoms with E-state index >= 15 is 0 Å². The van der Waals surface area contributed by atoms with E-state index in [1.807, 2.05) is 13.8 Å². The van der Waals surface area contributed by atoms with Crippen molar-refractivity contribution in [1.29, 1.82) is 0 Å². The van der Waals surface area contributed by atoms with Crippen LogP contribution in [0.1, 0.15) is 77.4 Å². The first-order valence-electron chi connectivity index (χ1n) is 8.26. The van der Waals surface area contributed by atoms with E-state index in [0.29, 0.717) is 24.2 Å². The lowest BCUT2D eigenvalue weighted by molar-refractivity contribution is -0.0891. The van der Waals surface area contributed by atoms with Gasteiger partial charge in [0.05, 0.1) is 5.92 Å². The zero-order valence-electron chi connectivity index (χ0n) is 13.8. The summed E-state index contributed by atoms with van der Waals surface area (Å²) >= 11 is 0. The SMILES string of the molecule is CCOC1(c2noc(C(C)C(N)CC)n2)CCCC(C)C1. The zero-order valence-corrected chi connectivity index (χ0v) is 13.8. The molecule has 1 aromatic heterocycles. The number of ether oxygens (including phenoxy) is 1. The molecule has 0 spiro atoms. The van der Waals surface area contributed by atoms with Gasteiger partial charge in [-0.3, -0.25) is 0 Å².